The fraction of sp³-hybridized carbons (Fsp3) is 0.385. The van der Waals surface area contributed by atoms with Crippen LogP contribution in [0, 0.1) is 0 Å². The Morgan fingerprint density at radius 1 is 1.41 bits per heavy atom. The summed E-state index contributed by atoms with van der Waals surface area (Å²) >= 11 is 7.44. The first kappa shape index (κ1) is 11.9. The van der Waals surface area contributed by atoms with Crippen molar-refractivity contribution < 1.29 is 0 Å². The molecule has 0 saturated heterocycles. The molecule has 0 aliphatic heterocycles. The van der Waals surface area contributed by atoms with Gasteiger partial charge < -0.3 is 5.32 Å². The van der Waals surface area contributed by atoms with Gasteiger partial charge in [0.25, 0.3) is 0 Å². The van der Waals surface area contributed by atoms with Crippen molar-refractivity contribution in [3.05, 3.63) is 42.2 Å². The quantitative estimate of drug-likeness (QED) is 0.882. The molecule has 1 N–H and O–H groups in total. The Kier molecular flexibility index (Phi) is 3.39. The molecule has 1 aliphatic carbocycles. The second-order valence-electron chi connectivity index (χ2n) is 4.31. The van der Waals surface area contributed by atoms with Gasteiger partial charge in [-0.2, -0.15) is 0 Å². The summed E-state index contributed by atoms with van der Waals surface area (Å²) in [5.74, 6) is 0. The highest BCUT2D eigenvalue weighted by Gasteiger charge is 2.22. The highest BCUT2D eigenvalue weighted by atomic mass is 79.9. The van der Waals surface area contributed by atoms with Crippen LogP contribution in [0.1, 0.15) is 32.7 Å². The molecular formula is C13H14BrNS2. The SMILES string of the molecule is CNC(c1cc2c(s1)CCC2)c1sccc1Br. The van der Waals surface area contributed by atoms with Gasteiger partial charge in [0.15, 0.2) is 0 Å². The van der Waals surface area contributed by atoms with Crippen molar-refractivity contribution in [1.82, 2.24) is 5.32 Å². The molecule has 17 heavy (non-hydrogen) atoms. The Bertz CT molecular complexity index is 508. The van der Waals surface area contributed by atoms with Crippen molar-refractivity contribution in [2.75, 3.05) is 7.05 Å². The number of rotatable bonds is 3. The molecule has 0 aromatic carbocycles. The molecule has 1 nitrogen and oxygen atoms in total. The minimum atomic E-state index is 0.347. The van der Waals surface area contributed by atoms with Crippen molar-refractivity contribution in [3.8, 4) is 0 Å². The maximum absolute atomic E-state index is 3.64. The van der Waals surface area contributed by atoms with E-state index in [1.165, 1.54) is 33.5 Å². The maximum atomic E-state index is 3.64. The smallest absolute Gasteiger partial charge is 0.0774 e. The molecule has 0 spiro atoms. The molecule has 0 fully saturated rings. The molecule has 1 aliphatic rings. The number of hydrogen-bond donors (Lipinski definition) is 1. The number of halogens is 1. The van der Waals surface area contributed by atoms with Gasteiger partial charge in [-0.3, -0.25) is 0 Å². The van der Waals surface area contributed by atoms with E-state index in [2.05, 4.69) is 38.8 Å². The van der Waals surface area contributed by atoms with Crippen LogP contribution in [-0.4, -0.2) is 7.05 Å². The molecule has 90 valence electrons. The third-order valence-corrected chi connectivity index (χ3v) is 6.48. The van der Waals surface area contributed by atoms with Crippen LogP contribution in [0.25, 0.3) is 0 Å². The molecule has 4 heteroatoms. The van der Waals surface area contributed by atoms with Gasteiger partial charge in [-0.25, -0.2) is 0 Å². The van der Waals surface area contributed by atoms with Gasteiger partial charge in [-0.1, -0.05) is 0 Å². The predicted octanol–water partition coefficient (Wildman–Crippen LogP) is 4.37. The van der Waals surface area contributed by atoms with Crippen molar-refractivity contribution >= 4 is 38.6 Å². The van der Waals surface area contributed by atoms with E-state index < -0.39 is 0 Å². The summed E-state index contributed by atoms with van der Waals surface area (Å²) in [6.07, 6.45) is 3.89. The van der Waals surface area contributed by atoms with E-state index >= 15 is 0 Å². The lowest BCUT2D eigenvalue weighted by Crippen LogP contribution is -2.15. The Hall–Kier alpha value is -0.160. The van der Waals surface area contributed by atoms with Crippen molar-refractivity contribution in [1.29, 1.82) is 0 Å². The van der Waals surface area contributed by atoms with Crippen molar-refractivity contribution in [2.24, 2.45) is 0 Å². The Morgan fingerprint density at radius 3 is 2.94 bits per heavy atom. The molecule has 1 atom stereocenters. The van der Waals surface area contributed by atoms with Crippen LogP contribution >= 0.6 is 38.6 Å². The molecule has 2 heterocycles. The number of fused-ring (bicyclic) bond motifs is 1. The number of nitrogens with one attached hydrogen (secondary N) is 1. The van der Waals surface area contributed by atoms with Crippen LogP contribution in [-0.2, 0) is 12.8 Å². The molecule has 0 amide bonds. The first-order valence-electron chi connectivity index (χ1n) is 5.81. The summed E-state index contributed by atoms with van der Waals surface area (Å²) in [4.78, 5) is 4.45. The Balaban J connectivity index is 1.97. The fourth-order valence-electron chi connectivity index (χ4n) is 2.41. The maximum Gasteiger partial charge on any atom is 0.0774 e. The monoisotopic (exact) mass is 327 g/mol. The van der Waals surface area contributed by atoms with Crippen LogP contribution in [0.5, 0.6) is 0 Å². The first-order chi connectivity index (χ1) is 8.29. The summed E-state index contributed by atoms with van der Waals surface area (Å²) < 4.78 is 1.22. The van der Waals surface area contributed by atoms with E-state index in [1.54, 1.807) is 10.4 Å². The molecule has 3 rings (SSSR count). The van der Waals surface area contributed by atoms with Gasteiger partial charge in [0.05, 0.1) is 6.04 Å². The molecular weight excluding hydrogens is 314 g/mol. The summed E-state index contributed by atoms with van der Waals surface area (Å²) in [5, 5.41) is 5.59. The molecule has 1 unspecified atom stereocenters. The van der Waals surface area contributed by atoms with Crippen LogP contribution in [0.2, 0.25) is 0 Å². The zero-order valence-electron chi connectivity index (χ0n) is 9.63. The predicted molar refractivity (Wildman–Crippen MR) is 79.3 cm³/mol. The summed E-state index contributed by atoms with van der Waals surface area (Å²) in [6, 6.07) is 4.88. The van der Waals surface area contributed by atoms with E-state index in [-0.39, 0.29) is 0 Å². The third kappa shape index (κ3) is 2.12. The van der Waals surface area contributed by atoms with Crippen molar-refractivity contribution in [3.63, 3.8) is 0 Å². The third-order valence-electron chi connectivity index (χ3n) is 3.25. The van der Waals surface area contributed by atoms with Gasteiger partial charge in [0.1, 0.15) is 0 Å². The average Bonchev–Trinajstić information content (AvgIpc) is 2.96. The topological polar surface area (TPSA) is 12.0 Å². The summed E-state index contributed by atoms with van der Waals surface area (Å²) in [6.45, 7) is 0. The van der Waals surface area contributed by atoms with Crippen LogP contribution in [0.15, 0.2) is 22.0 Å². The van der Waals surface area contributed by atoms with E-state index in [0.29, 0.717) is 6.04 Å². The molecule has 0 saturated carbocycles. The van der Waals surface area contributed by atoms with E-state index in [4.69, 9.17) is 0 Å². The molecule has 0 bridgehead atoms. The van der Waals surface area contributed by atoms with Crippen molar-refractivity contribution in [2.45, 2.75) is 25.3 Å². The minimum absolute atomic E-state index is 0.347. The highest BCUT2D eigenvalue weighted by Crippen LogP contribution is 2.39. The van der Waals surface area contributed by atoms with Gasteiger partial charge >= 0.3 is 0 Å². The normalized spacial score (nSPS) is 16.1. The lowest BCUT2D eigenvalue weighted by molar-refractivity contribution is 0.713. The highest BCUT2D eigenvalue weighted by molar-refractivity contribution is 9.10. The van der Waals surface area contributed by atoms with Gasteiger partial charge in [-0.15, -0.1) is 22.7 Å². The van der Waals surface area contributed by atoms with Gasteiger partial charge in [0, 0.05) is 19.1 Å². The fourth-order valence-corrected chi connectivity index (χ4v) is 5.59. The molecule has 2 aromatic rings. The Morgan fingerprint density at radius 2 is 2.29 bits per heavy atom. The van der Waals surface area contributed by atoms with E-state index in [0.717, 1.165) is 0 Å². The standard InChI is InChI=1S/C13H14BrNS2/c1-15-12(13-9(14)5-6-16-13)11-7-8-3-2-4-10(8)17-11/h5-7,12,15H,2-4H2,1H3. The molecule has 0 radical (unpaired) electrons. The second kappa shape index (κ2) is 4.84. The lowest BCUT2D eigenvalue weighted by atomic mass is 10.1. The van der Waals surface area contributed by atoms with Crippen LogP contribution in [0.3, 0.4) is 0 Å². The second-order valence-corrected chi connectivity index (χ2v) is 7.28. The van der Waals surface area contributed by atoms with Gasteiger partial charge in [0.2, 0.25) is 0 Å². The summed E-state index contributed by atoms with van der Waals surface area (Å²) in [7, 11) is 2.04. The molecule has 2 aromatic heterocycles. The zero-order valence-corrected chi connectivity index (χ0v) is 12.8. The first-order valence-corrected chi connectivity index (χ1v) is 8.30. The average molecular weight is 328 g/mol. The van der Waals surface area contributed by atoms with E-state index in [9.17, 15) is 0 Å². The van der Waals surface area contributed by atoms with Crippen LogP contribution in [0.4, 0.5) is 0 Å². The number of thiophene rings is 2. The lowest BCUT2D eigenvalue weighted by Gasteiger charge is -2.13. The van der Waals surface area contributed by atoms with Crippen LogP contribution < -0.4 is 5.32 Å². The van der Waals surface area contributed by atoms with Gasteiger partial charge in [-0.05, 0) is 65.3 Å². The zero-order chi connectivity index (χ0) is 11.8. The summed E-state index contributed by atoms with van der Waals surface area (Å²) in [5.41, 5.74) is 1.58. The van der Waals surface area contributed by atoms with E-state index in [1.807, 2.05) is 29.7 Å². The largest absolute Gasteiger partial charge is 0.308 e. The minimum Gasteiger partial charge on any atom is -0.308 e. The number of aryl methyl sites for hydroxylation is 2. The number of hydrogen-bond acceptors (Lipinski definition) is 3. The Labute approximate surface area is 118 Å².